The van der Waals surface area contributed by atoms with Crippen LogP contribution >= 0.6 is 11.3 Å². The zero-order chi connectivity index (χ0) is 17.8. The van der Waals surface area contributed by atoms with Crippen molar-refractivity contribution in [3.05, 3.63) is 28.5 Å². The molecule has 1 N–H and O–H groups in total. The SMILES string of the molecule is Cc1cc(C)n(CCCNC(=O)Cc2csc(N3CCCC3=O)n2)n1. The first-order valence-electron chi connectivity index (χ1n) is 8.55. The van der Waals surface area contributed by atoms with E-state index in [0.717, 1.165) is 43.0 Å². The van der Waals surface area contributed by atoms with E-state index in [-0.39, 0.29) is 18.2 Å². The van der Waals surface area contributed by atoms with Gasteiger partial charge in [0.25, 0.3) is 0 Å². The van der Waals surface area contributed by atoms with Crippen LogP contribution in [0.3, 0.4) is 0 Å². The number of nitrogens with one attached hydrogen (secondary N) is 1. The lowest BCUT2D eigenvalue weighted by Gasteiger charge is -2.10. The molecule has 1 saturated heterocycles. The molecule has 3 heterocycles. The van der Waals surface area contributed by atoms with Gasteiger partial charge in [0, 0.05) is 37.1 Å². The van der Waals surface area contributed by atoms with Crippen LogP contribution in [0.25, 0.3) is 0 Å². The van der Waals surface area contributed by atoms with Gasteiger partial charge in [-0.1, -0.05) is 0 Å². The first-order chi connectivity index (χ1) is 12.0. The molecule has 1 aliphatic rings. The number of amides is 2. The van der Waals surface area contributed by atoms with Gasteiger partial charge in [-0.05, 0) is 32.8 Å². The minimum Gasteiger partial charge on any atom is -0.356 e. The maximum atomic E-state index is 12.0. The predicted molar refractivity (Wildman–Crippen MR) is 96.7 cm³/mol. The molecule has 0 saturated carbocycles. The van der Waals surface area contributed by atoms with Crippen molar-refractivity contribution in [3.63, 3.8) is 0 Å². The zero-order valence-electron chi connectivity index (χ0n) is 14.6. The molecule has 3 rings (SSSR count). The van der Waals surface area contributed by atoms with E-state index in [2.05, 4.69) is 15.4 Å². The van der Waals surface area contributed by atoms with Gasteiger partial charge in [-0.3, -0.25) is 19.2 Å². The fraction of sp³-hybridized carbons (Fsp3) is 0.529. The summed E-state index contributed by atoms with van der Waals surface area (Å²) in [5.41, 5.74) is 2.86. The number of hydrogen-bond acceptors (Lipinski definition) is 5. The van der Waals surface area contributed by atoms with Crippen molar-refractivity contribution in [2.24, 2.45) is 0 Å². The Hall–Kier alpha value is -2.22. The third kappa shape index (κ3) is 4.45. The molecule has 0 aliphatic carbocycles. The van der Waals surface area contributed by atoms with Crippen LogP contribution in [0.1, 0.15) is 36.3 Å². The minimum atomic E-state index is -0.0435. The van der Waals surface area contributed by atoms with Gasteiger partial charge < -0.3 is 5.32 Å². The molecule has 8 heteroatoms. The van der Waals surface area contributed by atoms with Gasteiger partial charge in [0.15, 0.2) is 5.13 Å². The molecule has 7 nitrogen and oxygen atoms in total. The Balaban J connectivity index is 1.41. The lowest BCUT2D eigenvalue weighted by molar-refractivity contribution is -0.120. The summed E-state index contributed by atoms with van der Waals surface area (Å²) in [4.78, 5) is 29.9. The molecule has 2 aromatic rings. The van der Waals surface area contributed by atoms with Crippen LogP contribution in [-0.4, -0.2) is 39.7 Å². The van der Waals surface area contributed by atoms with E-state index in [9.17, 15) is 9.59 Å². The van der Waals surface area contributed by atoms with Gasteiger partial charge in [0.05, 0.1) is 17.8 Å². The number of nitrogens with zero attached hydrogens (tertiary/aromatic N) is 4. The standard InChI is InChI=1S/C17H23N5O2S/c1-12-9-13(2)22(20-12)8-4-6-18-15(23)10-14-11-25-17(19-14)21-7-3-5-16(21)24/h9,11H,3-8,10H2,1-2H3,(H,18,23). The molecule has 2 amide bonds. The van der Waals surface area contributed by atoms with E-state index in [1.54, 1.807) is 4.90 Å². The Morgan fingerprint density at radius 1 is 1.40 bits per heavy atom. The molecular formula is C17H23N5O2S. The third-order valence-corrected chi connectivity index (χ3v) is 5.07. The largest absolute Gasteiger partial charge is 0.356 e. The van der Waals surface area contributed by atoms with E-state index >= 15 is 0 Å². The normalized spacial score (nSPS) is 14.3. The molecule has 0 aromatic carbocycles. The van der Waals surface area contributed by atoms with E-state index in [4.69, 9.17) is 0 Å². The van der Waals surface area contributed by atoms with Crippen molar-refractivity contribution < 1.29 is 9.59 Å². The molecule has 0 unspecified atom stereocenters. The fourth-order valence-electron chi connectivity index (χ4n) is 2.94. The summed E-state index contributed by atoms with van der Waals surface area (Å²) in [6.45, 7) is 6.13. The molecule has 2 aromatic heterocycles. The molecule has 134 valence electrons. The van der Waals surface area contributed by atoms with Crippen molar-refractivity contribution in [3.8, 4) is 0 Å². The predicted octanol–water partition coefficient (Wildman–Crippen LogP) is 1.83. The summed E-state index contributed by atoms with van der Waals surface area (Å²) in [6, 6.07) is 2.05. The van der Waals surface area contributed by atoms with E-state index in [1.165, 1.54) is 11.3 Å². The first-order valence-corrected chi connectivity index (χ1v) is 9.43. The number of anilines is 1. The summed E-state index contributed by atoms with van der Waals surface area (Å²) in [6.07, 6.45) is 2.55. The topological polar surface area (TPSA) is 80.1 Å². The summed E-state index contributed by atoms with van der Waals surface area (Å²) >= 11 is 1.42. The number of aryl methyl sites for hydroxylation is 3. The molecule has 0 bridgehead atoms. The number of carbonyl (C=O) groups excluding carboxylic acids is 2. The second-order valence-electron chi connectivity index (χ2n) is 6.30. The number of rotatable bonds is 7. The molecular weight excluding hydrogens is 338 g/mol. The minimum absolute atomic E-state index is 0.0435. The van der Waals surface area contributed by atoms with Crippen molar-refractivity contribution in [2.45, 2.75) is 46.1 Å². The van der Waals surface area contributed by atoms with Gasteiger partial charge in [0.2, 0.25) is 11.8 Å². The van der Waals surface area contributed by atoms with Crippen LogP contribution in [0.5, 0.6) is 0 Å². The molecule has 25 heavy (non-hydrogen) atoms. The Labute approximate surface area is 151 Å². The maximum Gasteiger partial charge on any atom is 0.228 e. The van der Waals surface area contributed by atoms with Gasteiger partial charge in [0.1, 0.15) is 0 Å². The van der Waals surface area contributed by atoms with E-state index in [0.29, 0.717) is 18.1 Å². The molecule has 0 radical (unpaired) electrons. The van der Waals surface area contributed by atoms with Crippen LogP contribution in [0.15, 0.2) is 11.4 Å². The second kappa shape index (κ2) is 7.77. The summed E-state index contributed by atoms with van der Waals surface area (Å²) in [5.74, 6) is 0.0764. The number of carbonyl (C=O) groups is 2. The maximum absolute atomic E-state index is 12.0. The molecule has 0 atom stereocenters. The van der Waals surface area contributed by atoms with Crippen molar-refractivity contribution >= 4 is 28.3 Å². The Morgan fingerprint density at radius 3 is 2.92 bits per heavy atom. The second-order valence-corrected chi connectivity index (χ2v) is 7.14. The third-order valence-electron chi connectivity index (χ3n) is 4.16. The van der Waals surface area contributed by atoms with Crippen LogP contribution in [0.4, 0.5) is 5.13 Å². The van der Waals surface area contributed by atoms with Crippen molar-refractivity contribution in [1.29, 1.82) is 0 Å². The van der Waals surface area contributed by atoms with Crippen LogP contribution in [0, 0.1) is 13.8 Å². The Kier molecular flexibility index (Phi) is 5.47. The highest BCUT2D eigenvalue weighted by Gasteiger charge is 2.24. The highest BCUT2D eigenvalue weighted by Crippen LogP contribution is 2.25. The van der Waals surface area contributed by atoms with Gasteiger partial charge in [-0.2, -0.15) is 5.10 Å². The zero-order valence-corrected chi connectivity index (χ0v) is 15.4. The van der Waals surface area contributed by atoms with Crippen molar-refractivity contribution in [1.82, 2.24) is 20.1 Å². The molecule has 0 spiro atoms. The highest BCUT2D eigenvalue weighted by molar-refractivity contribution is 7.14. The van der Waals surface area contributed by atoms with E-state index < -0.39 is 0 Å². The molecule has 1 fully saturated rings. The average molecular weight is 361 g/mol. The van der Waals surface area contributed by atoms with Gasteiger partial charge in [-0.25, -0.2) is 4.98 Å². The quantitative estimate of drug-likeness (QED) is 0.763. The fourth-order valence-corrected chi connectivity index (χ4v) is 3.80. The number of thiazole rings is 1. The lowest BCUT2D eigenvalue weighted by atomic mass is 10.3. The van der Waals surface area contributed by atoms with Crippen LogP contribution in [-0.2, 0) is 22.6 Å². The highest BCUT2D eigenvalue weighted by atomic mass is 32.1. The summed E-state index contributed by atoms with van der Waals surface area (Å²) in [5, 5.41) is 9.88. The Bertz CT molecular complexity index is 767. The Morgan fingerprint density at radius 2 is 2.24 bits per heavy atom. The average Bonchev–Trinajstić information content (AvgIpc) is 3.25. The van der Waals surface area contributed by atoms with Crippen LogP contribution < -0.4 is 10.2 Å². The smallest absolute Gasteiger partial charge is 0.228 e. The van der Waals surface area contributed by atoms with E-state index in [1.807, 2.05) is 30.0 Å². The lowest BCUT2D eigenvalue weighted by Crippen LogP contribution is -2.27. The number of hydrogen-bond donors (Lipinski definition) is 1. The van der Waals surface area contributed by atoms with Gasteiger partial charge in [-0.15, -0.1) is 11.3 Å². The van der Waals surface area contributed by atoms with Gasteiger partial charge >= 0.3 is 0 Å². The first kappa shape index (κ1) is 17.6. The number of aromatic nitrogens is 3. The monoisotopic (exact) mass is 361 g/mol. The molecule has 1 aliphatic heterocycles. The summed E-state index contributed by atoms with van der Waals surface area (Å²) in [7, 11) is 0. The summed E-state index contributed by atoms with van der Waals surface area (Å²) < 4.78 is 1.96. The van der Waals surface area contributed by atoms with Crippen molar-refractivity contribution in [2.75, 3.05) is 18.0 Å². The van der Waals surface area contributed by atoms with Crippen LogP contribution in [0.2, 0.25) is 0 Å².